The number of aryl methyl sites for hydroxylation is 1. The molecule has 1 saturated heterocycles. The molecule has 1 N–H and O–H groups in total. The summed E-state index contributed by atoms with van der Waals surface area (Å²) in [5.74, 6) is -0.0477. The molecule has 0 unspecified atom stereocenters. The fourth-order valence-corrected chi connectivity index (χ4v) is 4.06. The third-order valence-electron chi connectivity index (χ3n) is 4.43. The summed E-state index contributed by atoms with van der Waals surface area (Å²) >= 11 is 1.73. The van der Waals surface area contributed by atoms with E-state index in [9.17, 15) is 4.79 Å². The van der Waals surface area contributed by atoms with Gasteiger partial charge in [-0.25, -0.2) is 9.97 Å². The summed E-state index contributed by atoms with van der Waals surface area (Å²) in [6.07, 6.45) is 5.11. The van der Waals surface area contributed by atoms with Crippen LogP contribution in [0.5, 0.6) is 0 Å². The molecule has 124 valence electrons. The number of carbonyl (C=O) groups excluding carboxylic acids is 1. The first-order valence-corrected chi connectivity index (χ1v) is 8.90. The first kappa shape index (κ1) is 15.1. The number of imidazole rings is 1. The zero-order valence-corrected chi connectivity index (χ0v) is 14.3. The van der Waals surface area contributed by atoms with Crippen molar-refractivity contribution in [2.75, 3.05) is 18.0 Å². The Morgan fingerprint density at radius 1 is 1.29 bits per heavy atom. The summed E-state index contributed by atoms with van der Waals surface area (Å²) in [6.45, 7) is 1.83. The summed E-state index contributed by atoms with van der Waals surface area (Å²) in [7, 11) is 1.83. The molecule has 1 aliphatic heterocycles. The van der Waals surface area contributed by atoms with Gasteiger partial charge in [0.25, 0.3) is 5.91 Å². The molecule has 1 aromatic carbocycles. The number of fused-ring (bicyclic) bond motifs is 1. The number of carbonyl (C=O) groups is 1. The van der Waals surface area contributed by atoms with Crippen molar-refractivity contribution in [3.63, 3.8) is 0 Å². The third kappa shape index (κ3) is 2.87. The molecule has 0 radical (unpaired) electrons. The Kier molecular flexibility index (Phi) is 3.93. The maximum Gasteiger partial charge on any atom is 0.269 e. The smallest absolute Gasteiger partial charge is 0.269 e. The minimum atomic E-state index is -0.0477. The van der Waals surface area contributed by atoms with E-state index in [2.05, 4.69) is 27.3 Å². The van der Waals surface area contributed by atoms with Crippen molar-refractivity contribution in [2.24, 2.45) is 7.05 Å². The van der Waals surface area contributed by atoms with Crippen molar-refractivity contribution in [3.05, 3.63) is 42.5 Å². The maximum absolute atomic E-state index is 12.3. The Bertz CT molecular complexity index is 830. The molecular weight excluding hydrogens is 322 g/mol. The Labute approximate surface area is 144 Å². The Morgan fingerprint density at radius 3 is 2.79 bits per heavy atom. The van der Waals surface area contributed by atoms with Gasteiger partial charge in [-0.3, -0.25) is 4.79 Å². The summed E-state index contributed by atoms with van der Waals surface area (Å²) in [4.78, 5) is 23.3. The molecule has 0 spiro atoms. The van der Waals surface area contributed by atoms with Crippen LogP contribution < -0.4 is 10.2 Å². The van der Waals surface area contributed by atoms with Gasteiger partial charge in [0.2, 0.25) is 0 Å². The van der Waals surface area contributed by atoms with Gasteiger partial charge in [0, 0.05) is 26.2 Å². The second-order valence-corrected chi connectivity index (χ2v) is 7.10. The average Bonchev–Trinajstić information content (AvgIpc) is 3.21. The molecule has 7 heteroatoms. The molecule has 3 heterocycles. The lowest BCUT2D eigenvalue weighted by Gasteiger charge is -2.32. The highest BCUT2D eigenvalue weighted by Crippen LogP contribution is 2.30. The Hall–Kier alpha value is -2.41. The number of rotatable bonds is 3. The van der Waals surface area contributed by atoms with Crippen LogP contribution in [0, 0.1) is 0 Å². The number of para-hydroxylation sites is 1. The molecule has 0 bridgehead atoms. The van der Waals surface area contributed by atoms with E-state index >= 15 is 0 Å². The van der Waals surface area contributed by atoms with Gasteiger partial charge in [-0.2, -0.15) is 0 Å². The van der Waals surface area contributed by atoms with Gasteiger partial charge in [0.1, 0.15) is 5.69 Å². The standard InChI is InChI=1S/C17H19N5OS/c1-21-11-18-10-14(21)16(23)19-12-6-8-22(9-7-12)17-20-13-4-2-3-5-15(13)24-17/h2-5,10-12H,6-9H2,1H3,(H,19,23). The first-order chi connectivity index (χ1) is 11.7. The van der Waals surface area contributed by atoms with Crippen molar-refractivity contribution in [2.45, 2.75) is 18.9 Å². The highest BCUT2D eigenvalue weighted by Gasteiger charge is 2.23. The molecule has 3 aromatic rings. The number of hydrogen-bond acceptors (Lipinski definition) is 5. The van der Waals surface area contributed by atoms with E-state index in [4.69, 9.17) is 4.98 Å². The summed E-state index contributed by atoms with van der Waals surface area (Å²) in [6, 6.07) is 8.43. The average molecular weight is 341 g/mol. The summed E-state index contributed by atoms with van der Waals surface area (Å²) in [5, 5.41) is 4.19. The third-order valence-corrected chi connectivity index (χ3v) is 5.53. The quantitative estimate of drug-likeness (QED) is 0.795. The van der Waals surface area contributed by atoms with Gasteiger partial charge in [0.05, 0.1) is 22.7 Å². The molecule has 4 rings (SSSR count). The predicted molar refractivity (Wildman–Crippen MR) is 95.5 cm³/mol. The highest BCUT2D eigenvalue weighted by atomic mass is 32.1. The second kappa shape index (κ2) is 6.24. The number of hydrogen-bond donors (Lipinski definition) is 1. The van der Waals surface area contributed by atoms with Gasteiger partial charge < -0.3 is 14.8 Å². The van der Waals surface area contributed by atoms with Gasteiger partial charge >= 0.3 is 0 Å². The molecule has 2 aromatic heterocycles. The topological polar surface area (TPSA) is 63.1 Å². The lowest BCUT2D eigenvalue weighted by atomic mass is 10.1. The number of amides is 1. The fourth-order valence-electron chi connectivity index (χ4n) is 3.05. The number of piperidine rings is 1. The van der Waals surface area contributed by atoms with E-state index in [1.54, 1.807) is 28.4 Å². The second-order valence-electron chi connectivity index (χ2n) is 6.09. The van der Waals surface area contributed by atoms with Crippen LogP contribution in [0.3, 0.4) is 0 Å². The zero-order chi connectivity index (χ0) is 16.5. The van der Waals surface area contributed by atoms with E-state index in [1.807, 2.05) is 19.2 Å². The molecule has 24 heavy (non-hydrogen) atoms. The molecule has 0 saturated carbocycles. The molecule has 1 aliphatic rings. The van der Waals surface area contributed by atoms with Crippen molar-refractivity contribution in [1.82, 2.24) is 19.9 Å². The van der Waals surface area contributed by atoms with Crippen molar-refractivity contribution in [3.8, 4) is 0 Å². The van der Waals surface area contributed by atoms with Crippen molar-refractivity contribution >= 4 is 32.6 Å². The number of nitrogens with zero attached hydrogens (tertiary/aromatic N) is 4. The SMILES string of the molecule is Cn1cncc1C(=O)NC1CCN(c2nc3ccccc3s2)CC1. The predicted octanol–water partition coefficient (Wildman–Crippen LogP) is 2.43. The van der Waals surface area contributed by atoms with Crippen molar-refractivity contribution < 1.29 is 4.79 Å². The van der Waals surface area contributed by atoms with E-state index in [1.165, 1.54) is 4.70 Å². The van der Waals surface area contributed by atoms with Gasteiger partial charge in [-0.15, -0.1) is 0 Å². The summed E-state index contributed by atoms with van der Waals surface area (Å²) in [5.41, 5.74) is 1.66. The van der Waals surface area contributed by atoms with Crippen LogP contribution in [0.4, 0.5) is 5.13 Å². The monoisotopic (exact) mass is 341 g/mol. The van der Waals surface area contributed by atoms with Gasteiger partial charge in [0.15, 0.2) is 5.13 Å². The largest absolute Gasteiger partial charge is 0.348 e. The number of thiazole rings is 1. The normalized spacial score (nSPS) is 15.8. The highest BCUT2D eigenvalue weighted by molar-refractivity contribution is 7.22. The van der Waals surface area contributed by atoms with Gasteiger partial charge in [-0.1, -0.05) is 23.5 Å². The van der Waals surface area contributed by atoms with E-state index in [0.717, 1.165) is 36.6 Å². The minimum absolute atomic E-state index is 0.0477. The van der Waals surface area contributed by atoms with Crippen LogP contribution in [0.1, 0.15) is 23.3 Å². The number of aromatic nitrogens is 3. The fraction of sp³-hybridized carbons (Fsp3) is 0.353. The number of anilines is 1. The van der Waals surface area contributed by atoms with E-state index in [-0.39, 0.29) is 11.9 Å². The molecule has 0 atom stereocenters. The van der Waals surface area contributed by atoms with Crippen LogP contribution in [0.2, 0.25) is 0 Å². The van der Waals surface area contributed by atoms with E-state index < -0.39 is 0 Å². The summed E-state index contributed by atoms with van der Waals surface area (Å²) < 4.78 is 2.96. The molecule has 6 nitrogen and oxygen atoms in total. The molecular formula is C17H19N5OS. The van der Waals surface area contributed by atoms with Crippen LogP contribution >= 0.6 is 11.3 Å². The number of benzene rings is 1. The molecule has 1 amide bonds. The lowest BCUT2D eigenvalue weighted by Crippen LogP contribution is -2.45. The number of nitrogens with one attached hydrogen (secondary N) is 1. The first-order valence-electron chi connectivity index (χ1n) is 8.08. The maximum atomic E-state index is 12.3. The van der Waals surface area contributed by atoms with E-state index in [0.29, 0.717) is 5.69 Å². The Morgan fingerprint density at radius 2 is 2.08 bits per heavy atom. The van der Waals surface area contributed by atoms with Gasteiger partial charge in [-0.05, 0) is 25.0 Å². The zero-order valence-electron chi connectivity index (χ0n) is 13.5. The minimum Gasteiger partial charge on any atom is -0.348 e. The van der Waals surface area contributed by atoms with Crippen LogP contribution in [-0.2, 0) is 7.05 Å². The molecule has 0 aliphatic carbocycles. The van der Waals surface area contributed by atoms with Crippen LogP contribution in [-0.4, -0.2) is 39.6 Å². The Balaban J connectivity index is 1.38. The van der Waals surface area contributed by atoms with Crippen molar-refractivity contribution in [1.29, 1.82) is 0 Å². The lowest BCUT2D eigenvalue weighted by molar-refractivity contribution is 0.0923. The van der Waals surface area contributed by atoms with Crippen LogP contribution in [0.25, 0.3) is 10.2 Å². The van der Waals surface area contributed by atoms with Crippen LogP contribution in [0.15, 0.2) is 36.8 Å². The molecule has 1 fully saturated rings.